The van der Waals surface area contributed by atoms with Crippen LogP contribution in [0.5, 0.6) is 0 Å². The van der Waals surface area contributed by atoms with E-state index in [0.29, 0.717) is 18.5 Å². The molecule has 2 N–H and O–H groups in total. The summed E-state index contributed by atoms with van der Waals surface area (Å²) in [5.74, 6) is -0.113. The molecule has 0 atom stereocenters. The van der Waals surface area contributed by atoms with Gasteiger partial charge in [-0.1, -0.05) is 13.3 Å². The van der Waals surface area contributed by atoms with Crippen molar-refractivity contribution in [2.45, 2.75) is 84.4 Å². The number of hydrogen-bond acceptors (Lipinski definition) is 4. The summed E-state index contributed by atoms with van der Waals surface area (Å²) in [6.07, 6.45) is 6.07. The maximum Gasteiger partial charge on any atom is 0.408 e. The highest BCUT2D eigenvalue weighted by atomic mass is 16.6. The zero-order valence-corrected chi connectivity index (χ0v) is 16.6. The molecule has 1 saturated carbocycles. The van der Waals surface area contributed by atoms with E-state index in [9.17, 15) is 9.59 Å². The molecule has 0 radical (unpaired) electrons. The summed E-state index contributed by atoms with van der Waals surface area (Å²) in [4.78, 5) is 24.3. The summed E-state index contributed by atoms with van der Waals surface area (Å²) in [6, 6.07) is 0. The van der Waals surface area contributed by atoms with Crippen molar-refractivity contribution in [1.29, 1.82) is 0 Å². The number of alkyl carbamates (subject to hydrolysis) is 1. The molecule has 0 spiro atoms. The van der Waals surface area contributed by atoms with Gasteiger partial charge in [0.15, 0.2) is 0 Å². The predicted octanol–water partition coefficient (Wildman–Crippen LogP) is 3.17. The highest BCUT2D eigenvalue weighted by molar-refractivity contribution is 5.95. The molecule has 2 amide bonds. The quantitative estimate of drug-likeness (QED) is 0.742. The maximum absolute atomic E-state index is 12.4. The summed E-state index contributed by atoms with van der Waals surface area (Å²) < 4.78 is 7.15. The van der Waals surface area contributed by atoms with Gasteiger partial charge in [0.2, 0.25) is 0 Å². The number of nitrogens with zero attached hydrogens (tertiary/aromatic N) is 2. The average molecular weight is 364 g/mol. The summed E-state index contributed by atoms with van der Waals surface area (Å²) in [7, 11) is 0. The highest BCUT2D eigenvalue weighted by Gasteiger charge is 2.44. The van der Waals surface area contributed by atoms with Crippen LogP contribution in [0.2, 0.25) is 0 Å². The molecular formula is C19H32N4O3. The molecule has 1 aliphatic rings. The smallest absolute Gasteiger partial charge is 0.408 e. The van der Waals surface area contributed by atoms with Crippen molar-refractivity contribution in [2.75, 3.05) is 6.54 Å². The number of carbonyl (C=O) groups excluding carboxylic acids is 2. The molecule has 0 aliphatic heterocycles. The first-order chi connectivity index (χ1) is 12.1. The molecule has 1 aromatic heterocycles. The van der Waals surface area contributed by atoms with Crippen molar-refractivity contribution in [3.63, 3.8) is 0 Å². The highest BCUT2D eigenvalue weighted by Crippen LogP contribution is 2.38. The lowest BCUT2D eigenvalue weighted by Crippen LogP contribution is -2.42. The van der Waals surface area contributed by atoms with Crippen LogP contribution in [-0.2, 0) is 11.3 Å². The van der Waals surface area contributed by atoms with E-state index in [2.05, 4.69) is 22.7 Å². The topological polar surface area (TPSA) is 85.2 Å². The van der Waals surface area contributed by atoms with Crippen LogP contribution in [0.4, 0.5) is 4.79 Å². The van der Waals surface area contributed by atoms with Gasteiger partial charge in [-0.25, -0.2) is 4.79 Å². The number of rotatable bonds is 8. The Bertz CT molecular complexity index is 642. The van der Waals surface area contributed by atoms with Crippen LogP contribution < -0.4 is 10.6 Å². The molecule has 26 heavy (non-hydrogen) atoms. The Morgan fingerprint density at radius 1 is 1.35 bits per heavy atom. The van der Waals surface area contributed by atoms with Gasteiger partial charge in [0.25, 0.3) is 5.91 Å². The standard InChI is InChI=1S/C19H32N4O3/c1-6-7-12-23-13-15(14(2)22-23)16(24)20-11-10-19(8-9-19)21-17(25)26-18(3,4)5/h13H,6-12H2,1-5H3,(H,20,24)(H,21,25). The molecule has 0 saturated heterocycles. The lowest BCUT2D eigenvalue weighted by atomic mass is 10.1. The zero-order chi connectivity index (χ0) is 19.4. The van der Waals surface area contributed by atoms with Crippen molar-refractivity contribution in [2.24, 2.45) is 0 Å². The zero-order valence-electron chi connectivity index (χ0n) is 16.6. The van der Waals surface area contributed by atoms with Gasteiger partial charge in [-0.05, 0) is 53.4 Å². The molecule has 1 fully saturated rings. The van der Waals surface area contributed by atoms with Gasteiger partial charge in [-0.15, -0.1) is 0 Å². The fraction of sp³-hybridized carbons (Fsp3) is 0.737. The Kier molecular flexibility index (Phi) is 6.31. The van der Waals surface area contributed by atoms with Gasteiger partial charge >= 0.3 is 6.09 Å². The van der Waals surface area contributed by atoms with Gasteiger partial charge in [-0.3, -0.25) is 9.48 Å². The molecule has 2 rings (SSSR count). The Balaban J connectivity index is 1.79. The number of carbonyl (C=O) groups is 2. The van der Waals surface area contributed by atoms with Crippen LogP contribution >= 0.6 is 0 Å². The second-order valence-corrected chi connectivity index (χ2v) is 8.16. The fourth-order valence-electron chi connectivity index (χ4n) is 2.79. The molecule has 0 unspecified atom stereocenters. The molecule has 1 aromatic rings. The average Bonchev–Trinajstić information content (AvgIpc) is 3.15. The minimum Gasteiger partial charge on any atom is -0.444 e. The number of aryl methyl sites for hydroxylation is 2. The minimum absolute atomic E-state index is 0.113. The van der Waals surface area contributed by atoms with Crippen LogP contribution in [0.1, 0.15) is 75.9 Å². The molecule has 7 nitrogen and oxygen atoms in total. The fourth-order valence-corrected chi connectivity index (χ4v) is 2.79. The first-order valence-corrected chi connectivity index (χ1v) is 9.47. The van der Waals surface area contributed by atoms with Crippen molar-refractivity contribution in [3.05, 3.63) is 17.5 Å². The van der Waals surface area contributed by atoms with Gasteiger partial charge in [0.1, 0.15) is 5.60 Å². The monoisotopic (exact) mass is 364 g/mol. The van der Waals surface area contributed by atoms with E-state index in [-0.39, 0.29) is 11.4 Å². The van der Waals surface area contributed by atoms with Crippen molar-refractivity contribution >= 4 is 12.0 Å². The van der Waals surface area contributed by atoms with E-state index in [1.165, 1.54) is 0 Å². The van der Waals surface area contributed by atoms with Gasteiger partial charge in [-0.2, -0.15) is 5.10 Å². The number of hydrogen-bond donors (Lipinski definition) is 2. The largest absolute Gasteiger partial charge is 0.444 e. The summed E-state index contributed by atoms with van der Waals surface area (Å²) in [6.45, 7) is 10.8. The first-order valence-electron chi connectivity index (χ1n) is 9.47. The van der Waals surface area contributed by atoms with E-state index < -0.39 is 11.7 Å². The third-order valence-electron chi connectivity index (χ3n) is 4.44. The van der Waals surface area contributed by atoms with Crippen molar-refractivity contribution < 1.29 is 14.3 Å². The van der Waals surface area contributed by atoms with Gasteiger partial charge in [0, 0.05) is 24.8 Å². The van der Waals surface area contributed by atoms with Crippen LogP contribution in [0, 0.1) is 6.92 Å². The molecular weight excluding hydrogens is 332 g/mol. The van der Waals surface area contributed by atoms with E-state index in [4.69, 9.17) is 4.74 Å². The van der Waals surface area contributed by atoms with E-state index in [1.54, 1.807) is 0 Å². The van der Waals surface area contributed by atoms with Gasteiger partial charge in [0.05, 0.1) is 11.3 Å². The minimum atomic E-state index is -0.510. The van der Waals surface area contributed by atoms with Crippen LogP contribution in [-0.4, -0.2) is 39.5 Å². The lowest BCUT2D eigenvalue weighted by Gasteiger charge is -2.23. The number of unbranched alkanes of at least 4 members (excludes halogenated alkanes) is 1. The summed E-state index contributed by atoms with van der Waals surface area (Å²) >= 11 is 0. The van der Waals surface area contributed by atoms with Gasteiger partial charge < -0.3 is 15.4 Å². The summed E-state index contributed by atoms with van der Waals surface area (Å²) in [5, 5.41) is 10.3. The second-order valence-electron chi connectivity index (χ2n) is 8.16. The van der Waals surface area contributed by atoms with E-state index in [1.807, 2.05) is 38.6 Å². The molecule has 1 aliphatic carbocycles. The van der Waals surface area contributed by atoms with Crippen molar-refractivity contribution in [3.8, 4) is 0 Å². The number of amides is 2. The normalized spacial score (nSPS) is 15.4. The van der Waals surface area contributed by atoms with E-state index >= 15 is 0 Å². The van der Waals surface area contributed by atoms with Crippen LogP contribution in [0.3, 0.4) is 0 Å². The Hall–Kier alpha value is -2.05. The number of ether oxygens (including phenoxy) is 1. The molecule has 146 valence electrons. The van der Waals surface area contributed by atoms with Crippen LogP contribution in [0.15, 0.2) is 6.20 Å². The second kappa shape index (κ2) is 8.10. The SMILES string of the molecule is CCCCn1cc(C(=O)NCCC2(NC(=O)OC(C)(C)C)CC2)c(C)n1. The molecule has 7 heteroatoms. The lowest BCUT2D eigenvalue weighted by molar-refractivity contribution is 0.0494. The molecule has 1 heterocycles. The molecule has 0 aromatic carbocycles. The Morgan fingerprint density at radius 2 is 2.04 bits per heavy atom. The van der Waals surface area contributed by atoms with E-state index in [0.717, 1.165) is 37.9 Å². The first kappa shape index (κ1) is 20.3. The van der Waals surface area contributed by atoms with Crippen LogP contribution in [0.25, 0.3) is 0 Å². The number of nitrogens with one attached hydrogen (secondary N) is 2. The third kappa shape index (κ3) is 6.04. The maximum atomic E-state index is 12.4. The Labute approximate surface area is 155 Å². The number of aromatic nitrogens is 2. The third-order valence-corrected chi connectivity index (χ3v) is 4.44. The molecule has 0 bridgehead atoms. The Morgan fingerprint density at radius 3 is 2.62 bits per heavy atom. The van der Waals surface area contributed by atoms with Crippen molar-refractivity contribution in [1.82, 2.24) is 20.4 Å². The predicted molar refractivity (Wildman–Crippen MR) is 100 cm³/mol. The summed E-state index contributed by atoms with van der Waals surface area (Å²) in [5.41, 5.74) is 0.609.